The summed E-state index contributed by atoms with van der Waals surface area (Å²) in [5.74, 6) is 0. The zero-order valence-electron chi connectivity index (χ0n) is 4.35. The Kier molecular flexibility index (Phi) is 27.6. The summed E-state index contributed by atoms with van der Waals surface area (Å²) in [5.41, 5.74) is 0. The number of hydrogen-bond acceptors (Lipinski definition) is 2. The SMILES string of the molecule is C.C.C1COCO1.C=C. The smallest absolute Gasteiger partial charge is 0.146 e. The molecule has 0 radical (unpaired) electrons. The molecule has 2 nitrogen and oxygen atoms in total. The maximum Gasteiger partial charge on any atom is 0.146 e. The van der Waals surface area contributed by atoms with Crippen molar-refractivity contribution < 1.29 is 9.47 Å². The van der Waals surface area contributed by atoms with Crippen LogP contribution in [0.3, 0.4) is 0 Å². The second-order valence-corrected chi connectivity index (χ2v) is 0.934. The van der Waals surface area contributed by atoms with E-state index < -0.39 is 0 Å². The minimum Gasteiger partial charge on any atom is -0.353 e. The summed E-state index contributed by atoms with van der Waals surface area (Å²) >= 11 is 0. The predicted molar refractivity (Wildman–Crippen MR) is 41.5 cm³/mol. The molecule has 0 spiro atoms. The molecule has 0 amide bonds. The zero-order chi connectivity index (χ0) is 5.54. The molecule has 0 bridgehead atoms. The van der Waals surface area contributed by atoms with E-state index >= 15 is 0 Å². The Hall–Kier alpha value is -0.340. The van der Waals surface area contributed by atoms with Crippen LogP contribution in [0.1, 0.15) is 14.9 Å². The van der Waals surface area contributed by atoms with E-state index in [0.717, 1.165) is 13.2 Å². The molecule has 58 valence electrons. The van der Waals surface area contributed by atoms with Gasteiger partial charge in [-0.1, -0.05) is 14.9 Å². The van der Waals surface area contributed by atoms with E-state index in [1.807, 2.05) is 0 Å². The van der Waals surface area contributed by atoms with Crippen molar-refractivity contribution in [1.82, 2.24) is 0 Å². The molecular weight excluding hydrogens is 116 g/mol. The lowest BCUT2D eigenvalue weighted by atomic mass is 10.8. The molecule has 1 fully saturated rings. The summed E-state index contributed by atoms with van der Waals surface area (Å²) in [7, 11) is 0. The molecule has 0 N–H and O–H groups in total. The molecule has 0 aromatic heterocycles. The van der Waals surface area contributed by atoms with Crippen molar-refractivity contribution in [1.29, 1.82) is 0 Å². The van der Waals surface area contributed by atoms with Crippen molar-refractivity contribution in [3.8, 4) is 0 Å². The third-order valence-electron chi connectivity index (χ3n) is 0.539. The minimum absolute atomic E-state index is 0. The summed E-state index contributed by atoms with van der Waals surface area (Å²) < 4.78 is 9.44. The predicted octanol–water partition coefficient (Wildman–Crippen LogP) is 2.07. The van der Waals surface area contributed by atoms with Gasteiger partial charge in [0.05, 0.1) is 13.2 Å². The van der Waals surface area contributed by atoms with Gasteiger partial charge >= 0.3 is 0 Å². The molecular formula is C7H18O2. The molecule has 2 heteroatoms. The maximum absolute atomic E-state index is 4.72. The minimum atomic E-state index is 0. The summed E-state index contributed by atoms with van der Waals surface area (Å²) in [6.45, 7) is 8.06. The fraction of sp³-hybridized carbons (Fsp3) is 0.714. The topological polar surface area (TPSA) is 18.5 Å². The summed E-state index contributed by atoms with van der Waals surface area (Å²) in [4.78, 5) is 0. The molecule has 0 atom stereocenters. The van der Waals surface area contributed by atoms with Gasteiger partial charge in [-0.25, -0.2) is 0 Å². The normalized spacial score (nSPS) is 13.8. The quantitative estimate of drug-likeness (QED) is 0.472. The molecule has 1 aliphatic rings. The van der Waals surface area contributed by atoms with Crippen LogP contribution in [0.4, 0.5) is 0 Å². The maximum atomic E-state index is 4.72. The van der Waals surface area contributed by atoms with Crippen LogP contribution in [0.15, 0.2) is 13.2 Å². The van der Waals surface area contributed by atoms with Gasteiger partial charge in [0, 0.05) is 0 Å². The summed E-state index contributed by atoms with van der Waals surface area (Å²) in [6, 6.07) is 0. The van der Waals surface area contributed by atoms with E-state index in [9.17, 15) is 0 Å². The third-order valence-corrected chi connectivity index (χ3v) is 0.539. The summed E-state index contributed by atoms with van der Waals surface area (Å²) in [5, 5.41) is 0. The molecule has 1 saturated heterocycles. The first-order valence-corrected chi connectivity index (χ1v) is 2.15. The Labute approximate surface area is 58.5 Å². The zero-order valence-corrected chi connectivity index (χ0v) is 4.35. The van der Waals surface area contributed by atoms with Gasteiger partial charge < -0.3 is 9.47 Å². The molecule has 9 heavy (non-hydrogen) atoms. The van der Waals surface area contributed by atoms with Crippen LogP contribution in [-0.2, 0) is 9.47 Å². The molecule has 0 unspecified atom stereocenters. The molecule has 1 rings (SSSR count). The molecule has 1 aliphatic heterocycles. The first kappa shape index (κ1) is 15.9. The van der Waals surface area contributed by atoms with Crippen LogP contribution in [0.2, 0.25) is 0 Å². The standard InChI is InChI=1S/C3H6O2.C2H4.2CH4/c1-2-5-3-4-1;1-2;;/h1-3H2;1-2H2;2*1H4. The largest absolute Gasteiger partial charge is 0.353 e. The average molecular weight is 134 g/mol. The first-order valence-electron chi connectivity index (χ1n) is 2.15. The van der Waals surface area contributed by atoms with E-state index in [1.165, 1.54) is 0 Å². The number of ether oxygens (including phenoxy) is 2. The Morgan fingerprint density at radius 3 is 1.33 bits per heavy atom. The lowest BCUT2D eigenvalue weighted by Crippen LogP contribution is -1.79. The van der Waals surface area contributed by atoms with Crippen molar-refractivity contribution in [3.05, 3.63) is 13.2 Å². The third kappa shape index (κ3) is 11.3. The lowest BCUT2D eigenvalue weighted by molar-refractivity contribution is 0.0692. The van der Waals surface area contributed by atoms with E-state index in [4.69, 9.17) is 9.47 Å². The van der Waals surface area contributed by atoms with Gasteiger partial charge in [-0.05, 0) is 0 Å². The first-order chi connectivity index (χ1) is 3.50. The van der Waals surface area contributed by atoms with Crippen LogP contribution < -0.4 is 0 Å². The monoisotopic (exact) mass is 134 g/mol. The highest BCUT2D eigenvalue weighted by Crippen LogP contribution is 1.85. The van der Waals surface area contributed by atoms with E-state index in [1.54, 1.807) is 0 Å². The van der Waals surface area contributed by atoms with Gasteiger partial charge in [0.1, 0.15) is 6.79 Å². The molecule has 0 saturated carbocycles. The van der Waals surface area contributed by atoms with Gasteiger partial charge in [-0.15, -0.1) is 13.2 Å². The highest BCUT2D eigenvalue weighted by atomic mass is 16.7. The van der Waals surface area contributed by atoms with Crippen molar-refractivity contribution in [2.24, 2.45) is 0 Å². The van der Waals surface area contributed by atoms with Crippen molar-refractivity contribution >= 4 is 0 Å². The molecule has 0 aromatic carbocycles. The van der Waals surface area contributed by atoms with E-state index in [-0.39, 0.29) is 14.9 Å². The van der Waals surface area contributed by atoms with Crippen molar-refractivity contribution in [2.45, 2.75) is 14.9 Å². The highest BCUT2D eigenvalue weighted by Gasteiger charge is 1.93. The Balaban J connectivity index is -0.0000000836. The fourth-order valence-electron chi connectivity index (χ4n) is 0.295. The van der Waals surface area contributed by atoms with Gasteiger partial charge in [0.2, 0.25) is 0 Å². The van der Waals surface area contributed by atoms with Gasteiger partial charge in [-0.3, -0.25) is 0 Å². The fourth-order valence-corrected chi connectivity index (χ4v) is 0.295. The van der Waals surface area contributed by atoms with Gasteiger partial charge in [0.25, 0.3) is 0 Å². The van der Waals surface area contributed by atoms with Crippen LogP contribution in [0, 0.1) is 0 Å². The number of rotatable bonds is 0. The van der Waals surface area contributed by atoms with E-state index in [2.05, 4.69) is 13.2 Å². The van der Waals surface area contributed by atoms with Crippen LogP contribution in [-0.4, -0.2) is 20.0 Å². The second kappa shape index (κ2) is 15.6. The summed E-state index contributed by atoms with van der Waals surface area (Å²) in [6.07, 6.45) is 0. The van der Waals surface area contributed by atoms with Crippen LogP contribution >= 0.6 is 0 Å². The lowest BCUT2D eigenvalue weighted by Gasteiger charge is -1.76. The van der Waals surface area contributed by atoms with E-state index in [0.29, 0.717) is 6.79 Å². The van der Waals surface area contributed by atoms with Crippen molar-refractivity contribution in [3.63, 3.8) is 0 Å². The molecule has 0 aliphatic carbocycles. The van der Waals surface area contributed by atoms with Crippen molar-refractivity contribution in [2.75, 3.05) is 20.0 Å². The Bertz CT molecular complexity index is 26.3. The second-order valence-electron chi connectivity index (χ2n) is 0.934. The van der Waals surface area contributed by atoms with Gasteiger partial charge in [0.15, 0.2) is 0 Å². The van der Waals surface area contributed by atoms with Crippen LogP contribution in [0.25, 0.3) is 0 Å². The Morgan fingerprint density at radius 1 is 0.889 bits per heavy atom. The molecule has 1 heterocycles. The number of hydrogen-bond donors (Lipinski definition) is 0. The van der Waals surface area contributed by atoms with Gasteiger partial charge in [-0.2, -0.15) is 0 Å². The average Bonchev–Trinajstić information content (AvgIpc) is 2.23. The highest BCUT2D eigenvalue weighted by molar-refractivity contribution is 4.28. The molecule has 0 aromatic rings. The Morgan fingerprint density at radius 2 is 1.22 bits per heavy atom. The van der Waals surface area contributed by atoms with Crippen LogP contribution in [0.5, 0.6) is 0 Å².